The molecule has 1 aromatic heterocycles. The van der Waals surface area contributed by atoms with Gasteiger partial charge in [0, 0.05) is 38.5 Å². The average Bonchev–Trinajstić information content (AvgIpc) is 3.46. The van der Waals surface area contributed by atoms with E-state index in [4.69, 9.17) is 0 Å². The Morgan fingerprint density at radius 1 is 1.12 bits per heavy atom. The Balaban J connectivity index is 1.29. The second kappa shape index (κ2) is 9.97. The fraction of sp³-hybridized carbons (Fsp3) is 0.500. The van der Waals surface area contributed by atoms with Crippen LogP contribution in [0.15, 0.2) is 42.6 Å². The highest BCUT2D eigenvalue weighted by Gasteiger charge is 2.34. The molecule has 1 N–H and O–H groups in total. The van der Waals surface area contributed by atoms with E-state index < -0.39 is 6.04 Å². The molecule has 1 aromatic carbocycles. The van der Waals surface area contributed by atoms with Crippen molar-refractivity contribution in [3.05, 3.63) is 48.2 Å². The molecule has 0 bridgehead atoms. The number of hydrogen-bond donors (Lipinski definition) is 1. The van der Waals surface area contributed by atoms with Crippen LogP contribution in [0.5, 0.6) is 0 Å². The molecule has 0 spiro atoms. The first-order valence-electron chi connectivity index (χ1n) is 11.5. The summed E-state index contributed by atoms with van der Waals surface area (Å²) in [6.07, 6.45) is 5.71. The Bertz CT molecular complexity index is 950. The zero-order valence-electron chi connectivity index (χ0n) is 18.6. The lowest BCUT2D eigenvalue weighted by Gasteiger charge is -2.36. The lowest BCUT2D eigenvalue weighted by molar-refractivity contribution is -0.143. The van der Waals surface area contributed by atoms with E-state index in [1.165, 1.54) is 0 Å². The molecule has 2 aliphatic heterocycles. The van der Waals surface area contributed by atoms with E-state index in [1.807, 2.05) is 52.9 Å². The molecular formula is C24H31N5O3. The van der Waals surface area contributed by atoms with Crippen molar-refractivity contribution in [3.8, 4) is 0 Å². The van der Waals surface area contributed by atoms with Crippen LogP contribution in [-0.4, -0.2) is 63.0 Å². The predicted molar refractivity (Wildman–Crippen MR) is 121 cm³/mol. The van der Waals surface area contributed by atoms with Gasteiger partial charge in [0.1, 0.15) is 11.9 Å². The molecule has 1 unspecified atom stereocenters. The molecule has 0 aliphatic carbocycles. The zero-order chi connectivity index (χ0) is 22.5. The van der Waals surface area contributed by atoms with Crippen molar-refractivity contribution in [2.75, 3.05) is 25.0 Å². The van der Waals surface area contributed by atoms with E-state index in [2.05, 4.69) is 10.4 Å². The number of carbonyl (C=O) groups excluding carboxylic acids is 3. The van der Waals surface area contributed by atoms with Gasteiger partial charge in [-0.15, -0.1) is 0 Å². The molecule has 2 fully saturated rings. The number of likely N-dealkylation sites (tertiary alicyclic amines) is 2. The number of aryl methyl sites for hydroxylation is 1. The van der Waals surface area contributed by atoms with Gasteiger partial charge in [-0.1, -0.05) is 30.3 Å². The maximum absolute atomic E-state index is 12.9. The minimum absolute atomic E-state index is 0.0219. The van der Waals surface area contributed by atoms with E-state index in [1.54, 1.807) is 11.1 Å². The first-order valence-corrected chi connectivity index (χ1v) is 11.5. The molecule has 4 rings (SSSR count). The van der Waals surface area contributed by atoms with Crippen LogP contribution in [0.3, 0.4) is 0 Å². The van der Waals surface area contributed by atoms with Crippen LogP contribution in [0.25, 0.3) is 0 Å². The van der Waals surface area contributed by atoms with Gasteiger partial charge in [-0.05, 0) is 38.2 Å². The van der Waals surface area contributed by atoms with Gasteiger partial charge in [0.2, 0.25) is 17.7 Å². The van der Waals surface area contributed by atoms with E-state index in [9.17, 15) is 14.4 Å². The monoisotopic (exact) mass is 437 g/mol. The van der Waals surface area contributed by atoms with E-state index >= 15 is 0 Å². The van der Waals surface area contributed by atoms with Crippen LogP contribution in [0, 0.1) is 0 Å². The summed E-state index contributed by atoms with van der Waals surface area (Å²) >= 11 is 0. The normalized spacial score (nSPS) is 18.1. The van der Waals surface area contributed by atoms with E-state index in [0.717, 1.165) is 24.8 Å². The molecular weight excluding hydrogens is 406 g/mol. The molecule has 2 saturated heterocycles. The van der Waals surface area contributed by atoms with Crippen LogP contribution >= 0.6 is 0 Å². The quantitative estimate of drug-likeness (QED) is 0.721. The average molecular weight is 438 g/mol. The molecule has 0 saturated carbocycles. The molecule has 8 heteroatoms. The van der Waals surface area contributed by atoms with Gasteiger partial charge in [-0.2, -0.15) is 5.10 Å². The van der Waals surface area contributed by atoms with Crippen molar-refractivity contribution >= 4 is 23.5 Å². The van der Waals surface area contributed by atoms with Crippen molar-refractivity contribution in [1.29, 1.82) is 0 Å². The second-order valence-electron chi connectivity index (χ2n) is 8.62. The largest absolute Gasteiger partial charge is 0.341 e. The highest BCUT2D eigenvalue weighted by molar-refractivity contribution is 5.90. The lowest BCUT2D eigenvalue weighted by Crippen LogP contribution is -2.50. The summed E-state index contributed by atoms with van der Waals surface area (Å²) in [7, 11) is 0. The Kier molecular flexibility index (Phi) is 6.87. The summed E-state index contributed by atoms with van der Waals surface area (Å²) in [5.41, 5.74) is 1.14. The summed E-state index contributed by atoms with van der Waals surface area (Å²) in [6, 6.07) is 11.5. The minimum atomic E-state index is -0.397. The number of anilines is 1. The van der Waals surface area contributed by atoms with Crippen molar-refractivity contribution in [2.45, 2.75) is 57.5 Å². The predicted octanol–water partition coefficient (Wildman–Crippen LogP) is 2.63. The number of nitrogens with one attached hydrogen (secondary N) is 1. The second-order valence-corrected chi connectivity index (χ2v) is 8.62. The van der Waals surface area contributed by atoms with Crippen LogP contribution in [0.1, 0.15) is 50.6 Å². The van der Waals surface area contributed by atoms with Crippen molar-refractivity contribution in [1.82, 2.24) is 19.6 Å². The van der Waals surface area contributed by atoms with Gasteiger partial charge in [0.05, 0.1) is 12.2 Å². The number of amides is 3. The number of carbonyl (C=O) groups is 3. The number of rotatable bonds is 7. The first kappa shape index (κ1) is 22.0. The third kappa shape index (κ3) is 5.00. The maximum atomic E-state index is 12.9. The van der Waals surface area contributed by atoms with Gasteiger partial charge in [0.25, 0.3) is 0 Å². The molecule has 170 valence electrons. The summed E-state index contributed by atoms with van der Waals surface area (Å²) in [5, 5.41) is 7.42. The molecule has 3 amide bonds. The smallest absolute Gasteiger partial charge is 0.245 e. The SMILES string of the molecule is CC(C(=O)N1CCC(n2nccc2NC(=O)CCc2ccccc2)CC1)N1CCCC1=O. The van der Waals surface area contributed by atoms with Gasteiger partial charge in [-0.3, -0.25) is 14.4 Å². The topological polar surface area (TPSA) is 87.5 Å². The highest BCUT2D eigenvalue weighted by atomic mass is 16.2. The van der Waals surface area contributed by atoms with Crippen molar-refractivity contribution in [3.63, 3.8) is 0 Å². The summed E-state index contributed by atoms with van der Waals surface area (Å²) in [4.78, 5) is 40.9. The van der Waals surface area contributed by atoms with Gasteiger partial charge >= 0.3 is 0 Å². The Hall–Kier alpha value is -3.16. The zero-order valence-corrected chi connectivity index (χ0v) is 18.6. The standard InChI is InChI=1S/C24H31N5O3/c1-18(28-15-5-8-23(28)31)24(32)27-16-12-20(13-17-27)29-21(11-14-25-29)26-22(30)10-9-19-6-3-2-4-7-19/h2-4,6-7,11,14,18,20H,5,8-10,12-13,15-17H2,1H3,(H,26,30). The van der Waals surface area contributed by atoms with E-state index in [-0.39, 0.29) is 23.8 Å². The first-order chi connectivity index (χ1) is 15.5. The Labute approximate surface area is 188 Å². The lowest BCUT2D eigenvalue weighted by atomic mass is 10.0. The van der Waals surface area contributed by atoms with Gasteiger partial charge in [-0.25, -0.2) is 4.68 Å². The third-order valence-electron chi connectivity index (χ3n) is 6.48. The molecule has 0 radical (unpaired) electrons. The summed E-state index contributed by atoms with van der Waals surface area (Å²) < 4.78 is 1.87. The molecule has 2 aliphatic rings. The number of aromatic nitrogens is 2. The Morgan fingerprint density at radius 2 is 1.88 bits per heavy atom. The summed E-state index contributed by atoms with van der Waals surface area (Å²) in [5.74, 6) is 0.759. The van der Waals surface area contributed by atoms with Gasteiger partial charge < -0.3 is 15.1 Å². The van der Waals surface area contributed by atoms with Crippen LogP contribution in [0.4, 0.5) is 5.82 Å². The van der Waals surface area contributed by atoms with Crippen LogP contribution < -0.4 is 5.32 Å². The van der Waals surface area contributed by atoms with Crippen molar-refractivity contribution in [2.24, 2.45) is 0 Å². The molecule has 8 nitrogen and oxygen atoms in total. The minimum Gasteiger partial charge on any atom is -0.341 e. The third-order valence-corrected chi connectivity index (χ3v) is 6.48. The fourth-order valence-corrected chi connectivity index (χ4v) is 4.62. The van der Waals surface area contributed by atoms with Gasteiger partial charge in [0.15, 0.2) is 0 Å². The molecule has 32 heavy (non-hydrogen) atoms. The molecule has 2 aromatic rings. The van der Waals surface area contributed by atoms with Crippen LogP contribution in [-0.2, 0) is 20.8 Å². The fourth-order valence-electron chi connectivity index (χ4n) is 4.62. The Morgan fingerprint density at radius 3 is 2.56 bits per heavy atom. The molecule has 3 heterocycles. The number of benzene rings is 1. The van der Waals surface area contributed by atoms with E-state index in [0.29, 0.717) is 44.7 Å². The molecule has 1 atom stereocenters. The van der Waals surface area contributed by atoms with Crippen LogP contribution in [0.2, 0.25) is 0 Å². The number of hydrogen-bond acceptors (Lipinski definition) is 4. The number of nitrogens with zero attached hydrogens (tertiary/aromatic N) is 4. The van der Waals surface area contributed by atoms with Crippen molar-refractivity contribution < 1.29 is 14.4 Å². The summed E-state index contributed by atoms with van der Waals surface area (Å²) in [6.45, 7) is 3.74. The maximum Gasteiger partial charge on any atom is 0.245 e. The highest BCUT2D eigenvalue weighted by Crippen LogP contribution is 2.26. The number of piperidine rings is 1.